The van der Waals surface area contributed by atoms with Gasteiger partial charge in [0.05, 0.1) is 37.1 Å². The number of aromatic nitrogens is 2. The third kappa shape index (κ3) is 5.04. The maximum absolute atomic E-state index is 14.4. The molecule has 34 heavy (non-hydrogen) atoms. The highest BCUT2D eigenvalue weighted by Crippen LogP contribution is 2.31. The third-order valence-electron chi connectivity index (χ3n) is 6.30. The lowest BCUT2D eigenvalue weighted by Crippen LogP contribution is -2.27. The number of nitriles is 1. The Kier molecular flexibility index (Phi) is 7.12. The Morgan fingerprint density at radius 2 is 2.00 bits per heavy atom. The third-order valence-corrected chi connectivity index (χ3v) is 6.30. The fourth-order valence-corrected chi connectivity index (χ4v) is 4.46. The summed E-state index contributed by atoms with van der Waals surface area (Å²) in [4.78, 5) is 11.9. The number of carbonyl (C=O) groups excluding carboxylic acids is 1. The summed E-state index contributed by atoms with van der Waals surface area (Å²) in [5.41, 5.74) is 2.08. The largest absolute Gasteiger partial charge is 0.497 e. The number of esters is 1. The first-order chi connectivity index (χ1) is 16.5. The average molecular weight is 463 g/mol. The topological polar surface area (TPSA) is 89.2 Å². The van der Waals surface area contributed by atoms with Crippen molar-refractivity contribution >= 4 is 11.8 Å². The molecule has 0 spiro atoms. The van der Waals surface area contributed by atoms with Crippen LogP contribution in [0.1, 0.15) is 31.2 Å². The molecule has 2 atom stereocenters. The summed E-state index contributed by atoms with van der Waals surface area (Å²) in [5.74, 6) is 0.930. The van der Waals surface area contributed by atoms with Gasteiger partial charge in [-0.1, -0.05) is 12.5 Å². The minimum absolute atomic E-state index is 0.00456. The number of nitrogens with zero attached hydrogens (tertiary/aromatic N) is 3. The summed E-state index contributed by atoms with van der Waals surface area (Å²) in [6, 6.07) is 15.7. The highest BCUT2D eigenvalue weighted by Gasteiger charge is 2.28. The van der Waals surface area contributed by atoms with Crippen LogP contribution in [0.15, 0.2) is 48.5 Å². The van der Waals surface area contributed by atoms with Crippen LogP contribution < -0.4 is 10.1 Å². The number of benzene rings is 2. The Balaban J connectivity index is 1.60. The number of hydrogen-bond donors (Lipinski definition) is 1. The molecule has 1 saturated carbocycles. The molecule has 1 N–H and O–H groups in total. The standard InChI is InChI=1S/C26H27FN4O3/c1-33-22-10-8-21(9-11-22)31-24(18-6-7-20(15-28)23(27)13-18)14-25(30-31)29-16-17-4-3-5-19(12-17)26(32)34-2/h6-11,13-14,17,19H,3-5,12,16H2,1-2H3,(H,29,30). The quantitative estimate of drug-likeness (QED) is 0.500. The van der Waals surface area contributed by atoms with Crippen molar-refractivity contribution in [1.29, 1.82) is 5.26 Å². The van der Waals surface area contributed by atoms with Gasteiger partial charge in [-0.15, -0.1) is 5.10 Å². The molecule has 0 amide bonds. The first kappa shape index (κ1) is 23.3. The smallest absolute Gasteiger partial charge is 0.308 e. The lowest BCUT2D eigenvalue weighted by atomic mass is 9.81. The molecule has 4 rings (SSSR count). The molecule has 176 valence electrons. The molecule has 0 radical (unpaired) electrons. The molecule has 0 bridgehead atoms. The van der Waals surface area contributed by atoms with E-state index in [1.54, 1.807) is 17.9 Å². The maximum Gasteiger partial charge on any atom is 0.308 e. The van der Waals surface area contributed by atoms with E-state index in [1.807, 2.05) is 36.4 Å². The summed E-state index contributed by atoms with van der Waals surface area (Å²) >= 11 is 0. The summed E-state index contributed by atoms with van der Waals surface area (Å²) in [6.07, 6.45) is 3.67. The van der Waals surface area contributed by atoms with E-state index in [-0.39, 0.29) is 17.5 Å². The highest BCUT2D eigenvalue weighted by atomic mass is 19.1. The zero-order valence-electron chi connectivity index (χ0n) is 19.3. The van der Waals surface area contributed by atoms with Crippen LogP contribution in [0.4, 0.5) is 10.2 Å². The molecule has 0 aliphatic heterocycles. The van der Waals surface area contributed by atoms with Crippen LogP contribution in [-0.4, -0.2) is 36.5 Å². The predicted molar refractivity (Wildman–Crippen MR) is 126 cm³/mol. The van der Waals surface area contributed by atoms with Crippen LogP contribution >= 0.6 is 0 Å². The highest BCUT2D eigenvalue weighted by molar-refractivity contribution is 5.72. The van der Waals surface area contributed by atoms with Gasteiger partial charge >= 0.3 is 5.97 Å². The summed E-state index contributed by atoms with van der Waals surface area (Å²) in [5, 5.41) is 17.2. The zero-order chi connectivity index (χ0) is 24.1. The minimum atomic E-state index is -0.576. The SMILES string of the molecule is COC(=O)C1CCCC(CNc2cc(-c3ccc(C#N)c(F)c3)n(-c3ccc(OC)cc3)n2)C1. The fraction of sp³-hybridized carbons (Fsp3) is 0.346. The van der Waals surface area contributed by atoms with Crippen molar-refractivity contribution in [2.45, 2.75) is 25.7 Å². The van der Waals surface area contributed by atoms with Crippen molar-refractivity contribution in [2.24, 2.45) is 11.8 Å². The van der Waals surface area contributed by atoms with E-state index in [0.717, 1.165) is 37.1 Å². The number of nitrogens with one attached hydrogen (secondary N) is 1. The van der Waals surface area contributed by atoms with Crippen LogP contribution in [0.25, 0.3) is 16.9 Å². The van der Waals surface area contributed by atoms with Crippen LogP contribution in [0.3, 0.4) is 0 Å². The second kappa shape index (κ2) is 10.4. The molecule has 3 aromatic rings. The van der Waals surface area contributed by atoms with Gasteiger partial charge in [0.15, 0.2) is 0 Å². The Bertz CT molecular complexity index is 1200. The molecular weight excluding hydrogens is 435 g/mol. The van der Waals surface area contributed by atoms with Gasteiger partial charge in [0.1, 0.15) is 23.5 Å². The van der Waals surface area contributed by atoms with E-state index >= 15 is 0 Å². The van der Waals surface area contributed by atoms with E-state index in [0.29, 0.717) is 29.5 Å². The molecular formula is C26H27FN4O3. The molecule has 7 nitrogen and oxygen atoms in total. The number of halogens is 1. The molecule has 1 aliphatic carbocycles. The lowest BCUT2D eigenvalue weighted by molar-refractivity contribution is -0.147. The second-order valence-electron chi connectivity index (χ2n) is 8.46. The normalized spacial score (nSPS) is 17.6. The van der Waals surface area contributed by atoms with Gasteiger partial charge in [0, 0.05) is 18.2 Å². The number of carbonyl (C=O) groups is 1. The van der Waals surface area contributed by atoms with Gasteiger partial charge in [-0.2, -0.15) is 5.26 Å². The molecule has 2 unspecified atom stereocenters. The summed E-state index contributed by atoms with van der Waals surface area (Å²) < 4.78 is 26.3. The molecule has 1 fully saturated rings. The predicted octanol–water partition coefficient (Wildman–Crippen LogP) is 4.95. The van der Waals surface area contributed by atoms with Gasteiger partial charge in [-0.05, 0) is 61.6 Å². The first-order valence-corrected chi connectivity index (χ1v) is 11.3. The zero-order valence-corrected chi connectivity index (χ0v) is 19.3. The van der Waals surface area contributed by atoms with Gasteiger partial charge in [-0.25, -0.2) is 9.07 Å². The van der Waals surface area contributed by atoms with Crippen molar-refractivity contribution in [1.82, 2.24) is 9.78 Å². The van der Waals surface area contributed by atoms with Crippen molar-refractivity contribution < 1.29 is 18.7 Å². The number of rotatable bonds is 7. The molecule has 0 saturated heterocycles. The number of hydrogen-bond acceptors (Lipinski definition) is 6. The van der Waals surface area contributed by atoms with Crippen molar-refractivity contribution in [2.75, 3.05) is 26.1 Å². The Labute approximate surface area is 198 Å². The van der Waals surface area contributed by atoms with Crippen molar-refractivity contribution in [3.05, 3.63) is 59.9 Å². The number of ether oxygens (including phenoxy) is 2. The monoisotopic (exact) mass is 462 g/mol. The van der Waals surface area contributed by atoms with Gasteiger partial charge in [0.25, 0.3) is 0 Å². The van der Waals surface area contributed by atoms with E-state index in [1.165, 1.54) is 19.2 Å². The van der Waals surface area contributed by atoms with Crippen LogP contribution in [0.5, 0.6) is 5.75 Å². The molecule has 1 aromatic heterocycles. The summed E-state index contributed by atoms with van der Waals surface area (Å²) in [6.45, 7) is 0.675. The van der Waals surface area contributed by atoms with Gasteiger partial charge < -0.3 is 14.8 Å². The van der Waals surface area contributed by atoms with E-state index in [9.17, 15) is 9.18 Å². The molecule has 2 aromatic carbocycles. The van der Waals surface area contributed by atoms with E-state index < -0.39 is 5.82 Å². The number of methoxy groups -OCH3 is 2. The van der Waals surface area contributed by atoms with Crippen LogP contribution in [0.2, 0.25) is 0 Å². The van der Waals surface area contributed by atoms with E-state index in [2.05, 4.69) is 5.32 Å². The minimum Gasteiger partial charge on any atom is -0.497 e. The number of anilines is 1. The van der Waals surface area contributed by atoms with Gasteiger partial charge in [0.2, 0.25) is 0 Å². The molecule has 8 heteroatoms. The molecule has 1 aliphatic rings. The Hall–Kier alpha value is -3.86. The fourth-order valence-electron chi connectivity index (χ4n) is 4.46. The average Bonchev–Trinajstić information content (AvgIpc) is 3.31. The van der Waals surface area contributed by atoms with Crippen LogP contribution in [-0.2, 0) is 9.53 Å². The first-order valence-electron chi connectivity index (χ1n) is 11.3. The second-order valence-corrected chi connectivity index (χ2v) is 8.46. The van der Waals surface area contributed by atoms with Crippen LogP contribution in [0, 0.1) is 29.0 Å². The maximum atomic E-state index is 14.4. The lowest BCUT2D eigenvalue weighted by Gasteiger charge is -2.27. The van der Waals surface area contributed by atoms with Gasteiger partial charge in [-0.3, -0.25) is 4.79 Å². The summed E-state index contributed by atoms with van der Waals surface area (Å²) in [7, 11) is 3.04. The Morgan fingerprint density at radius 1 is 1.21 bits per heavy atom. The Morgan fingerprint density at radius 3 is 2.68 bits per heavy atom. The van der Waals surface area contributed by atoms with E-state index in [4.69, 9.17) is 19.8 Å². The van der Waals surface area contributed by atoms with Crippen molar-refractivity contribution in [3.8, 4) is 28.8 Å². The van der Waals surface area contributed by atoms with Crippen molar-refractivity contribution in [3.63, 3.8) is 0 Å². The molecule has 1 heterocycles.